The molecule has 30 heavy (non-hydrogen) atoms. The summed E-state index contributed by atoms with van der Waals surface area (Å²) in [7, 11) is 1.97. The third kappa shape index (κ3) is 4.64. The predicted octanol–water partition coefficient (Wildman–Crippen LogP) is 3.10. The fraction of sp³-hybridized carbons (Fsp3) is 0.273. The van der Waals surface area contributed by atoms with Gasteiger partial charge in [0.05, 0.1) is 17.7 Å². The molecule has 2 atom stereocenters. The highest BCUT2D eigenvalue weighted by molar-refractivity contribution is 5.89. The van der Waals surface area contributed by atoms with E-state index in [0.29, 0.717) is 42.4 Å². The smallest absolute Gasteiger partial charge is 0.319 e. The molecule has 0 aliphatic carbocycles. The van der Waals surface area contributed by atoms with Crippen molar-refractivity contribution in [1.82, 2.24) is 20.4 Å². The molecule has 2 unspecified atom stereocenters. The average molecular weight is 402 g/mol. The van der Waals surface area contributed by atoms with Crippen molar-refractivity contribution < 1.29 is 9.32 Å². The molecular weight excluding hydrogens is 380 g/mol. The molecule has 2 amide bonds. The first-order valence-electron chi connectivity index (χ1n) is 9.75. The molecule has 0 radical (unpaired) electrons. The first kappa shape index (κ1) is 19.6. The molecular formula is C22H22N6O2. The van der Waals surface area contributed by atoms with Gasteiger partial charge in [-0.1, -0.05) is 41.6 Å². The van der Waals surface area contributed by atoms with Gasteiger partial charge >= 0.3 is 6.03 Å². The predicted molar refractivity (Wildman–Crippen MR) is 111 cm³/mol. The number of likely N-dealkylation sites (tertiary alicyclic amines) is 1. The average Bonchev–Trinajstić information content (AvgIpc) is 3.34. The number of anilines is 1. The molecule has 2 heterocycles. The zero-order chi connectivity index (χ0) is 20.9. The van der Waals surface area contributed by atoms with Crippen LogP contribution >= 0.6 is 0 Å². The maximum Gasteiger partial charge on any atom is 0.319 e. The summed E-state index contributed by atoms with van der Waals surface area (Å²) in [6.45, 7) is 0.673. The van der Waals surface area contributed by atoms with Crippen LogP contribution < -0.4 is 10.6 Å². The summed E-state index contributed by atoms with van der Waals surface area (Å²) in [6, 6.07) is 18.5. The molecule has 1 saturated heterocycles. The van der Waals surface area contributed by atoms with Gasteiger partial charge in [-0.25, -0.2) is 4.79 Å². The lowest BCUT2D eigenvalue weighted by atomic mass is 10.1. The van der Waals surface area contributed by atoms with Gasteiger partial charge in [-0.3, -0.25) is 4.90 Å². The van der Waals surface area contributed by atoms with Crippen molar-refractivity contribution in [1.29, 1.82) is 5.26 Å². The van der Waals surface area contributed by atoms with E-state index in [1.54, 1.807) is 24.3 Å². The molecule has 0 saturated carbocycles. The van der Waals surface area contributed by atoms with Crippen LogP contribution in [-0.4, -0.2) is 40.7 Å². The van der Waals surface area contributed by atoms with Gasteiger partial charge in [-0.2, -0.15) is 10.2 Å². The van der Waals surface area contributed by atoms with Crippen LogP contribution in [0.5, 0.6) is 0 Å². The molecule has 1 fully saturated rings. The number of hydrogen-bond donors (Lipinski definition) is 2. The Morgan fingerprint density at radius 2 is 2.10 bits per heavy atom. The van der Waals surface area contributed by atoms with Crippen molar-refractivity contribution in [3.63, 3.8) is 0 Å². The summed E-state index contributed by atoms with van der Waals surface area (Å²) in [4.78, 5) is 19.0. The van der Waals surface area contributed by atoms with E-state index in [9.17, 15) is 4.79 Å². The minimum atomic E-state index is -0.306. The van der Waals surface area contributed by atoms with E-state index in [4.69, 9.17) is 9.78 Å². The van der Waals surface area contributed by atoms with E-state index in [1.807, 2.05) is 37.4 Å². The summed E-state index contributed by atoms with van der Waals surface area (Å²) in [5, 5.41) is 18.8. The summed E-state index contributed by atoms with van der Waals surface area (Å²) in [5.41, 5.74) is 2.20. The number of likely N-dealkylation sites (N-methyl/N-ethyl adjacent to an activating group) is 1. The second-order valence-electron chi connectivity index (χ2n) is 7.39. The van der Waals surface area contributed by atoms with Crippen LogP contribution in [0.25, 0.3) is 0 Å². The molecule has 1 aromatic heterocycles. The summed E-state index contributed by atoms with van der Waals surface area (Å²) >= 11 is 0. The molecule has 1 aliphatic rings. The number of carbonyl (C=O) groups excluding carboxylic acids is 1. The summed E-state index contributed by atoms with van der Waals surface area (Å²) < 4.78 is 5.50. The fourth-order valence-corrected chi connectivity index (χ4v) is 3.66. The quantitative estimate of drug-likeness (QED) is 0.679. The molecule has 0 spiro atoms. The molecule has 8 heteroatoms. The molecule has 4 rings (SSSR count). The highest BCUT2D eigenvalue weighted by atomic mass is 16.5. The minimum absolute atomic E-state index is 0.0470. The molecule has 3 aromatic rings. The van der Waals surface area contributed by atoms with Gasteiger partial charge in [0, 0.05) is 24.7 Å². The van der Waals surface area contributed by atoms with E-state index >= 15 is 0 Å². The van der Waals surface area contributed by atoms with Crippen LogP contribution in [0.3, 0.4) is 0 Å². The number of nitrogens with one attached hydrogen (secondary N) is 2. The van der Waals surface area contributed by atoms with Crippen LogP contribution in [0.1, 0.15) is 35.3 Å². The Balaban J connectivity index is 1.34. The van der Waals surface area contributed by atoms with Gasteiger partial charge in [-0.05, 0) is 37.2 Å². The van der Waals surface area contributed by atoms with Crippen LogP contribution in [0.2, 0.25) is 0 Å². The molecule has 2 N–H and O–H groups in total. The molecule has 2 aromatic carbocycles. The van der Waals surface area contributed by atoms with Gasteiger partial charge in [0.2, 0.25) is 5.89 Å². The van der Waals surface area contributed by atoms with Crippen LogP contribution in [0, 0.1) is 11.3 Å². The number of urea groups is 1. The van der Waals surface area contributed by atoms with E-state index in [2.05, 4.69) is 31.7 Å². The van der Waals surface area contributed by atoms with Crippen LogP contribution in [0.15, 0.2) is 59.1 Å². The zero-order valence-electron chi connectivity index (χ0n) is 16.6. The molecule has 1 aliphatic heterocycles. The first-order valence-corrected chi connectivity index (χ1v) is 9.75. The number of carbonyl (C=O) groups is 1. The number of nitriles is 1. The third-order valence-electron chi connectivity index (χ3n) is 5.11. The topological polar surface area (TPSA) is 107 Å². The van der Waals surface area contributed by atoms with Crippen molar-refractivity contribution in [3.8, 4) is 6.07 Å². The zero-order valence-corrected chi connectivity index (χ0v) is 16.6. The van der Waals surface area contributed by atoms with E-state index in [0.717, 1.165) is 5.56 Å². The Morgan fingerprint density at radius 3 is 2.90 bits per heavy atom. The van der Waals surface area contributed by atoms with Gasteiger partial charge in [0.15, 0.2) is 5.82 Å². The van der Waals surface area contributed by atoms with Crippen molar-refractivity contribution >= 4 is 11.7 Å². The van der Waals surface area contributed by atoms with E-state index in [1.165, 1.54) is 0 Å². The lowest BCUT2D eigenvalue weighted by molar-refractivity contribution is 0.243. The monoisotopic (exact) mass is 402 g/mol. The third-order valence-corrected chi connectivity index (χ3v) is 5.11. The van der Waals surface area contributed by atoms with Crippen LogP contribution in [0.4, 0.5) is 10.5 Å². The fourth-order valence-electron chi connectivity index (χ4n) is 3.66. The Kier molecular flexibility index (Phi) is 5.72. The highest BCUT2D eigenvalue weighted by Gasteiger charge is 2.35. The number of hydrogen-bond acceptors (Lipinski definition) is 6. The Hall–Kier alpha value is -3.70. The lowest BCUT2D eigenvalue weighted by Crippen LogP contribution is -2.39. The van der Waals surface area contributed by atoms with Gasteiger partial charge in [0.1, 0.15) is 0 Å². The van der Waals surface area contributed by atoms with Crippen LogP contribution in [-0.2, 0) is 6.42 Å². The lowest BCUT2D eigenvalue weighted by Gasteiger charge is -2.14. The van der Waals surface area contributed by atoms with Gasteiger partial charge < -0.3 is 15.2 Å². The number of rotatable bonds is 5. The van der Waals surface area contributed by atoms with Crippen molar-refractivity contribution in [2.24, 2.45) is 0 Å². The maximum atomic E-state index is 12.4. The Labute approximate surface area is 174 Å². The summed E-state index contributed by atoms with van der Waals surface area (Å²) in [5.74, 6) is 1.21. The SMILES string of the molecule is CN1CC(NC(=O)Nc2cccc(C#N)c2)CC1c1nc(Cc2ccccc2)no1. The van der Waals surface area contributed by atoms with E-state index < -0.39 is 0 Å². The largest absolute Gasteiger partial charge is 0.338 e. The minimum Gasteiger partial charge on any atom is -0.338 e. The maximum absolute atomic E-state index is 12.4. The van der Waals surface area contributed by atoms with E-state index in [-0.39, 0.29) is 18.1 Å². The Bertz CT molecular complexity index is 1060. The standard InChI is InChI=1S/C22H22N6O2/c1-28-14-18(25-22(29)24-17-9-5-8-16(10-17)13-23)12-19(28)21-26-20(27-30-21)11-15-6-3-2-4-7-15/h2-10,18-19H,11-12,14H2,1H3,(H2,24,25,29). The van der Waals surface area contributed by atoms with Gasteiger partial charge in [-0.15, -0.1) is 0 Å². The second-order valence-corrected chi connectivity index (χ2v) is 7.39. The number of aromatic nitrogens is 2. The van der Waals surface area contributed by atoms with Crippen molar-refractivity contribution in [2.45, 2.75) is 24.9 Å². The van der Waals surface area contributed by atoms with Gasteiger partial charge in [0.25, 0.3) is 0 Å². The number of benzene rings is 2. The van der Waals surface area contributed by atoms with Crippen molar-refractivity contribution in [2.75, 3.05) is 18.9 Å². The Morgan fingerprint density at radius 1 is 1.27 bits per heavy atom. The van der Waals surface area contributed by atoms with Crippen molar-refractivity contribution in [3.05, 3.63) is 77.4 Å². The molecule has 8 nitrogen and oxygen atoms in total. The highest BCUT2D eigenvalue weighted by Crippen LogP contribution is 2.29. The normalized spacial score (nSPS) is 18.7. The number of amides is 2. The molecule has 0 bridgehead atoms. The summed E-state index contributed by atoms with van der Waals surface area (Å²) in [6.07, 6.45) is 1.29. The number of nitrogens with zero attached hydrogens (tertiary/aromatic N) is 4. The molecule has 152 valence electrons. The first-order chi connectivity index (χ1) is 14.6. The second kappa shape index (κ2) is 8.76.